The van der Waals surface area contributed by atoms with Gasteiger partial charge >= 0.3 is 0 Å². The molecule has 0 aliphatic rings. The Hall–Kier alpha value is -1.96. The van der Waals surface area contributed by atoms with Gasteiger partial charge in [-0.1, -0.05) is 0 Å². The van der Waals surface area contributed by atoms with E-state index in [1.807, 2.05) is 0 Å². The molecule has 0 saturated heterocycles. The van der Waals surface area contributed by atoms with Gasteiger partial charge in [-0.05, 0) is 0 Å². The van der Waals surface area contributed by atoms with E-state index in [9.17, 15) is 14.4 Å². The standard InChI is InChI=1S/C11H16N4O3S/c1-7(16)13-4-3-9(17)15-11-14-6-8(19-11)5-10(18)12-2/h6H,3-5H2,1-2H3,(H,12,18)(H,13,16)(H,14,15,17). The smallest absolute Gasteiger partial charge is 0.227 e. The van der Waals surface area contributed by atoms with Crippen molar-refractivity contribution in [3.8, 4) is 0 Å². The zero-order chi connectivity index (χ0) is 14.3. The second kappa shape index (κ2) is 7.47. The zero-order valence-corrected chi connectivity index (χ0v) is 11.6. The fourth-order valence-electron chi connectivity index (χ4n) is 1.23. The number of thiazole rings is 1. The fraction of sp³-hybridized carbons (Fsp3) is 0.455. The maximum atomic E-state index is 11.5. The Morgan fingerprint density at radius 1 is 1.32 bits per heavy atom. The molecular formula is C11H16N4O3S. The van der Waals surface area contributed by atoms with Crippen LogP contribution in [0.2, 0.25) is 0 Å². The summed E-state index contributed by atoms with van der Waals surface area (Å²) >= 11 is 1.25. The van der Waals surface area contributed by atoms with Gasteiger partial charge in [-0.25, -0.2) is 4.98 Å². The highest BCUT2D eigenvalue weighted by Gasteiger charge is 2.09. The molecule has 0 unspecified atom stereocenters. The van der Waals surface area contributed by atoms with Crippen LogP contribution in [-0.4, -0.2) is 36.3 Å². The molecular weight excluding hydrogens is 268 g/mol. The van der Waals surface area contributed by atoms with Crippen LogP contribution >= 0.6 is 11.3 Å². The van der Waals surface area contributed by atoms with Gasteiger partial charge in [-0.15, -0.1) is 11.3 Å². The van der Waals surface area contributed by atoms with Crippen molar-refractivity contribution < 1.29 is 14.4 Å². The molecule has 0 saturated carbocycles. The van der Waals surface area contributed by atoms with E-state index in [-0.39, 0.29) is 37.1 Å². The first-order valence-corrected chi connectivity index (χ1v) is 6.52. The monoisotopic (exact) mass is 284 g/mol. The van der Waals surface area contributed by atoms with Crippen LogP contribution in [0.1, 0.15) is 18.2 Å². The second-order valence-corrected chi connectivity index (χ2v) is 4.88. The molecule has 3 N–H and O–H groups in total. The van der Waals surface area contributed by atoms with Crippen molar-refractivity contribution in [1.82, 2.24) is 15.6 Å². The number of amides is 3. The lowest BCUT2D eigenvalue weighted by Crippen LogP contribution is -2.25. The van der Waals surface area contributed by atoms with E-state index in [0.29, 0.717) is 5.13 Å². The molecule has 1 heterocycles. The van der Waals surface area contributed by atoms with Crippen LogP contribution in [0.15, 0.2) is 6.20 Å². The summed E-state index contributed by atoms with van der Waals surface area (Å²) in [6, 6.07) is 0. The minimum Gasteiger partial charge on any atom is -0.359 e. The van der Waals surface area contributed by atoms with Gasteiger partial charge < -0.3 is 16.0 Å². The van der Waals surface area contributed by atoms with Gasteiger partial charge in [0.25, 0.3) is 0 Å². The number of carbonyl (C=O) groups is 3. The molecule has 0 atom stereocenters. The SMILES string of the molecule is CNC(=O)Cc1cnc(NC(=O)CCNC(C)=O)s1. The van der Waals surface area contributed by atoms with Crippen molar-refractivity contribution >= 4 is 34.2 Å². The summed E-state index contributed by atoms with van der Waals surface area (Å²) < 4.78 is 0. The number of nitrogens with zero attached hydrogens (tertiary/aromatic N) is 1. The number of hydrogen-bond donors (Lipinski definition) is 3. The number of aromatic nitrogens is 1. The lowest BCUT2D eigenvalue weighted by Gasteiger charge is -2.02. The molecule has 8 heteroatoms. The topological polar surface area (TPSA) is 100 Å². The van der Waals surface area contributed by atoms with Crippen molar-refractivity contribution in [2.75, 3.05) is 18.9 Å². The fourth-order valence-corrected chi connectivity index (χ4v) is 2.05. The number of carbonyl (C=O) groups excluding carboxylic acids is 3. The number of hydrogen-bond acceptors (Lipinski definition) is 5. The Bertz CT molecular complexity index is 472. The Kier molecular flexibility index (Phi) is 5.94. The third-order valence-electron chi connectivity index (χ3n) is 2.14. The average molecular weight is 284 g/mol. The molecule has 3 amide bonds. The molecule has 0 aliphatic carbocycles. The first-order chi connectivity index (χ1) is 9.01. The van der Waals surface area contributed by atoms with Crippen LogP contribution in [-0.2, 0) is 20.8 Å². The highest BCUT2D eigenvalue weighted by atomic mass is 32.1. The Morgan fingerprint density at radius 2 is 2.05 bits per heavy atom. The quantitative estimate of drug-likeness (QED) is 0.679. The second-order valence-electron chi connectivity index (χ2n) is 3.76. The molecule has 0 spiro atoms. The van der Waals surface area contributed by atoms with Crippen LogP contribution in [0.5, 0.6) is 0 Å². The summed E-state index contributed by atoms with van der Waals surface area (Å²) in [5.41, 5.74) is 0. The maximum Gasteiger partial charge on any atom is 0.227 e. The van der Waals surface area contributed by atoms with Crippen LogP contribution < -0.4 is 16.0 Å². The van der Waals surface area contributed by atoms with Gasteiger partial charge in [0.15, 0.2) is 5.13 Å². The van der Waals surface area contributed by atoms with Crippen LogP contribution in [0.25, 0.3) is 0 Å². The summed E-state index contributed by atoms with van der Waals surface area (Å²) in [6.07, 6.45) is 1.99. The summed E-state index contributed by atoms with van der Waals surface area (Å²) in [4.78, 5) is 38.1. The molecule has 1 aromatic heterocycles. The van der Waals surface area contributed by atoms with E-state index >= 15 is 0 Å². The normalized spacial score (nSPS) is 9.79. The number of nitrogens with one attached hydrogen (secondary N) is 3. The van der Waals surface area contributed by atoms with Gasteiger partial charge in [0.2, 0.25) is 17.7 Å². The average Bonchev–Trinajstić information content (AvgIpc) is 2.75. The molecule has 0 fully saturated rings. The van der Waals surface area contributed by atoms with E-state index in [4.69, 9.17) is 0 Å². The largest absolute Gasteiger partial charge is 0.359 e. The molecule has 0 aliphatic heterocycles. The highest BCUT2D eigenvalue weighted by molar-refractivity contribution is 7.15. The molecule has 1 aromatic rings. The molecule has 0 radical (unpaired) electrons. The predicted octanol–water partition coefficient (Wildman–Crippen LogP) is -0.104. The Labute approximate surface area is 114 Å². The number of anilines is 1. The highest BCUT2D eigenvalue weighted by Crippen LogP contribution is 2.18. The van der Waals surface area contributed by atoms with Gasteiger partial charge in [-0.3, -0.25) is 14.4 Å². The molecule has 1 rings (SSSR count). The Balaban J connectivity index is 2.38. The molecule has 0 bridgehead atoms. The van der Waals surface area contributed by atoms with E-state index in [1.165, 1.54) is 18.3 Å². The van der Waals surface area contributed by atoms with Gasteiger partial charge in [0.1, 0.15) is 0 Å². The minimum atomic E-state index is -0.227. The van der Waals surface area contributed by atoms with Crippen LogP contribution in [0.4, 0.5) is 5.13 Å². The maximum absolute atomic E-state index is 11.5. The van der Waals surface area contributed by atoms with Crippen LogP contribution in [0.3, 0.4) is 0 Å². The molecule has 7 nitrogen and oxygen atoms in total. The van der Waals surface area contributed by atoms with Crippen molar-refractivity contribution in [2.45, 2.75) is 19.8 Å². The molecule has 19 heavy (non-hydrogen) atoms. The van der Waals surface area contributed by atoms with Crippen molar-refractivity contribution in [2.24, 2.45) is 0 Å². The number of likely N-dealkylation sites (N-methyl/N-ethyl adjacent to an activating group) is 1. The van der Waals surface area contributed by atoms with Gasteiger partial charge in [0.05, 0.1) is 6.42 Å². The number of rotatable bonds is 6. The predicted molar refractivity (Wildman–Crippen MR) is 71.8 cm³/mol. The van der Waals surface area contributed by atoms with Crippen LogP contribution in [0, 0.1) is 0 Å². The van der Waals surface area contributed by atoms with Crippen molar-refractivity contribution in [1.29, 1.82) is 0 Å². The minimum absolute atomic E-state index is 0.104. The van der Waals surface area contributed by atoms with Crippen molar-refractivity contribution in [3.63, 3.8) is 0 Å². The van der Waals surface area contributed by atoms with E-state index in [1.54, 1.807) is 13.2 Å². The third-order valence-corrected chi connectivity index (χ3v) is 3.05. The van der Waals surface area contributed by atoms with E-state index in [2.05, 4.69) is 20.9 Å². The first-order valence-electron chi connectivity index (χ1n) is 5.71. The lowest BCUT2D eigenvalue weighted by molar-refractivity contribution is -0.120. The third kappa shape index (κ3) is 5.96. The summed E-state index contributed by atoms with van der Waals surface area (Å²) in [7, 11) is 1.56. The first kappa shape index (κ1) is 15.1. The summed E-state index contributed by atoms with van der Waals surface area (Å²) in [6.45, 7) is 1.68. The van der Waals surface area contributed by atoms with Crippen molar-refractivity contribution in [3.05, 3.63) is 11.1 Å². The zero-order valence-electron chi connectivity index (χ0n) is 10.8. The van der Waals surface area contributed by atoms with E-state index < -0.39 is 0 Å². The van der Waals surface area contributed by atoms with Gasteiger partial charge in [-0.2, -0.15) is 0 Å². The lowest BCUT2D eigenvalue weighted by atomic mass is 10.4. The molecule has 0 aromatic carbocycles. The summed E-state index contributed by atoms with van der Waals surface area (Å²) in [5.74, 6) is -0.503. The van der Waals surface area contributed by atoms with E-state index in [0.717, 1.165) is 4.88 Å². The van der Waals surface area contributed by atoms with Gasteiger partial charge in [0, 0.05) is 38.0 Å². The Morgan fingerprint density at radius 3 is 2.68 bits per heavy atom. The molecule has 104 valence electrons. The summed E-state index contributed by atoms with van der Waals surface area (Å²) in [5, 5.41) is 8.11.